The standard InChI is InChI=1S/C25H28N4O4S/c1-4-33-25(30)20-6-8-21(9-7-20)34(31,32)29-15-13-28(14-16-29)24-12-11-23(26-27-24)22-10-5-18(2)17-19(22)3/h5-12,17H,4,13-16H2,1-3H3. The molecule has 34 heavy (non-hydrogen) atoms. The van der Waals surface area contributed by atoms with Gasteiger partial charge in [0.15, 0.2) is 5.82 Å². The van der Waals surface area contributed by atoms with Gasteiger partial charge in [0.05, 0.1) is 22.8 Å². The van der Waals surface area contributed by atoms with Gasteiger partial charge in [-0.3, -0.25) is 0 Å². The molecule has 1 aliphatic heterocycles. The second-order valence-electron chi connectivity index (χ2n) is 8.23. The van der Waals surface area contributed by atoms with Gasteiger partial charge < -0.3 is 9.64 Å². The van der Waals surface area contributed by atoms with Crippen LogP contribution in [0.25, 0.3) is 11.3 Å². The van der Waals surface area contributed by atoms with Gasteiger partial charge in [-0.25, -0.2) is 13.2 Å². The van der Waals surface area contributed by atoms with Crippen LogP contribution in [0.5, 0.6) is 0 Å². The minimum absolute atomic E-state index is 0.159. The van der Waals surface area contributed by atoms with E-state index in [1.165, 1.54) is 34.1 Å². The second-order valence-corrected chi connectivity index (χ2v) is 10.2. The average molecular weight is 481 g/mol. The first kappa shape index (κ1) is 23.8. The number of rotatable bonds is 6. The van der Waals surface area contributed by atoms with Crippen LogP contribution < -0.4 is 4.90 Å². The van der Waals surface area contributed by atoms with Crippen LogP contribution in [0.2, 0.25) is 0 Å². The van der Waals surface area contributed by atoms with Crippen molar-refractivity contribution in [2.24, 2.45) is 0 Å². The monoisotopic (exact) mass is 480 g/mol. The van der Waals surface area contributed by atoms with Gasteiger partial charge in [-0.2, -0.15) is 4.31 Å². The fourth-order valence-corrected chi connectivity index (χ4v) is 5.44. The molecule has 0 atom stereocenters. The molecule has 2 aromatic carbocycles. The molecule has 3 aromatic rings. The number of aryl methyl sites for hydroxylation is 2. The quantitative estimate of drug-likeness (QED) is 0.499. The number of ether oxygens (including phenoxy) is 1. The van der Waals surface area contributed by atoms with Gasteiger partial charge in [0.2, 0.25) is 10.0 Å². The van der Waals surface area contributed by atoms with Crippen LogP contribution in [0, 0.1) is 13.8 Å². The van der Waals surface area contributed by atoms with Gasteiger partial charge >= 0.3 is 5.97 Å². The average Bonchev–Trinajstić information content (AvgIpc) is 2.84. The molecule has 0 aliphatic carbocycles. The lowest BCUT2D eigenvalue weighted by Gasteiger charge is -2.34. The summed E-state index contributed by atoms with van der Waals surface area (Å²) < 4.78 is 32.5. The fraction of sp³-hybridized carbons (Fsp3) is 0.320. The number of aromatic nitrogens is 2. The molecule has 0 bridgehead atoms. The minimum Gasteiger partial charge on any atom is -0.462 e. The number of hydrogen-bond donors (Lipinski definition) is 0. The number of piperazine rings is 1. The summed E-state index contributed by atoms with van der Waals surface area (Å²) in [6.07, 6.45) is 0. The predicted octanol–water partition coefficient (Wildman–Crippen LogP) is 3.45. The van der Waals surface area contributed by atoms with E-state index in [4.69, 9.17) is 4.74 Å². The normalized spacial score (nSPS) is 14.7. The van der Waals surface area contributed by atoms with Gasteiger partial charge in [-0.1, -0.05) is 23.8 Å². The molecule has 178 valence electrons. The highest BCUT2D eigenvalue weighted by atomic mass is 32.2. The van der Waals surface area contributed by atoms with E-state index in [1.54, 1.807) is 6.92 Å². The summed E-state index contributed by atoms with van der Waals surface area (Å²) in [5.41, 5.74) is 4.54. The van der Waals surface area contributed by atoms with Crippen LogP contribution in [0.15, 0.2) is 59.5 Å². The molecule has 1 fully saturated rings. The lowest BCUT2D eigenvalue weighted by atomic mass is 10.0. The third kappa shape index (κ3) is 4.95. The molecule has 1 saturated heterocycles. The van der Waals surface area contributed by atoms with Crippen LogP contribution in [-0.2, 0) is 14.8 Å². The maximum atomic E-state index is 13.1. The van der Waals surface area contributed by atoms with Gasteiger partial charge in [-0.15, -0.1) is 10.2 Å². The van der Waals surface area contributed by atoms with Crippen molar-refractivity contribution < 1.29 is 17.9 Å². The summed E-state index contributed by atoms with van der Waals surface area (Å²) in [6, 6.07) is 16.0. The predicted molar refractivity (Wildman–Crippen MR) is 130 cm³/mol. The highest BCUT2D eigenvalue weighted by Crippen LogP contribution is 2.24. The Morgan fingerprint density at radius 3 is 2.24 bits per heavy atom. The summed E-state index contributed by atoms with van der Waals surface area (Å²) in [7, 11) is -3.65. The van der Waals surface area contributed by atoms with Crippen LogP contribution >= 0.6 is 0 Å². The van der Waals surface area contributed by atoms with Crippen molar-refractivity contribution in [3.63, 3.8) is 0 Å². The Morgan fingerprint density at radius 1 is 0.941 bits per heavy atom. The van der Waals surface area contributed by atoms with Crippen molar-refractivity contribution in [2.45, 2.75) is 25.7 Å². The Balaban J connectivity index is 1.41. The lowest BCUT2D eigenvalue weighted by molar-refractivity contribution is 0.0526. The highest BCUT2D eigenvalue weighted by Gasteiger charge is 2.29. The summed E-state index contributed by atoms with van der Waals surface area (Å²) in [6.45, 7) is 7.80. The molecule has 0 N–H and O–H groups in total. The molecule has 1 aromatic heterocycles. The molecular weight excluding hydrogens is 452 g/mol. The first-order valence-corrected chi connectivity index (χ1v) is 12.7. The molecule has 0 radical (unpaired) electrons. The van der Waals surface area contributed by atoms with E-state index in [0.29, 0.717) is 31.7 Å². The zero-order valence-electron chi connectivity index (χ0n) is 19.6. The summed E-state index contributed by atoms with van der Waals surface area (Å²) in [4.78, 5) is 14.0. The van der Waals surface area contributed by atoms with Crippen molar-refractivity contribution in [3.05, 3.63) is 71.3 Å². The molecule has 2 heterocycles. The van der Waals surface area contributed by atoms with E-state index >= 15 is 0 Å². The Bertz CT molecular complexity index is 1270. The molecule has 4 rings (SSSR count). The first-order valence-electron chi connectivity index (χ1n) is 11.2. The van der Waals surface area contributed by atoms with Crippen molar-refractivity contribution in [3.8, 4) is 11.3 Å². The van der Waals surface area contributed by atoms with Crippen LogP contribution in [0.4, 0.5) is 5.82 Å². The Labute approximate surface area is 200 Å². The topological polar surface area (TPSA) is 92.7 Å². The number of carbonyl (C=O) groups is 1. The van der Waals surface area contributed by atoms with Crippen LogP contribution in [0.3, 0.4) is 0 Å². The van der Waals surface area contributed by atoms with Crippen molar-refractivity contribution in [1.29, 1.82) is 0 Å². The summed E-state index contributed by atoms with van der Waals surface area (Å²) >= 11 is 0. The number of esters is 1. The molecule has 0 unspecified atom stereocenters. The molecular formula is C25H28N4O4S. The third-order valence-corrected chi connectivity index (χ3v) is 7.79. The number of benzene rings is 2. The van der Waals surface area contributed by atoms with E-state index in [1.807, 2.05) is 17.0 Å². The Hall–Kier alpha value is -3.30. The summed E-state index contributed by atoms with van der Waals surface area (Å²) in [5, 5.41) is 8.80. The number of hydrogen-bond acceptors (Lipinski definition) is 7. The van der Waals surface area contributed by atoms with Crippen molar-refractivity contribution in [2.75, 3.05) is 37.7 Å². The number of anilines is 1. The van der Waals surface area contributed by atoms with Crippen LogP contribution in [-0.4, -0.2) is 61.7 Å². The van der Waals surface area contributed by atoms with Crippen molar-refractivity contribution in [1.82, 2.24) is 14.5 Å². The van der Waals surface area contributed by atoms with Gasteiger partial charge in [0, 0.05) is 31.7 Å². The Kier molecular flexibility index (Phi) is 6.95. The molecule has 0 amide bonds. The van der Waals surface area contributed by atoms with Gasteiger partial charge in [0.25, 0.3) is 0 Å². The third-order valence-electron chi connectivity index (χ3n) is 5.87. The summed E-state index contributed by atoms with van der Waals surface area (Å²) in [5.74, 6) is 0.258. The van der Waals surface area contributed by atoms with Gasteiger partial charge in [0.1, 0.15) is 0 Å². The largest absolute Gasteiger partial charge is 0.462 e. The smallest absolute Gasteiger partial charge is 0.338 e. The molecule has 0 spiro atoms. The number of carbonyl (C=O) groups excluding carboxylic acids is 1. The number of sulfonamides is 1. The first-order chi connectivity index (χ1) is 16.3. The molecule has 9 heteroatoms. The zero-order valence-corrected chi connectivity index (χ0v) is 20.4. The van der Waals surface area contributed by atoms with Gasteiger partial charge in [-0.05, 0) is 62.7 Å². The van der Waals surface area contributed by atoms with E-state index in [0.717, 1.165) is 22.6 Å². The molecule has 1 aliphatic rings. The number of nitrogens with zero attached hydrogens (tertiary/aromatic N) is 4. The van der Waals surface area contributed by atoms with E-state index in [2.05, 4.69) is 42.2 Å². The van der Waals surface area contributed by atoms with E-state index < -0.39 is 16.0 Å². The van der Waals surface area contributed by atoms with E-state index in [9.17, 15) is 13.2 Å². The second kappa shape index (κ2) is 9.90. The SMILES string of the molecule is CCOC(=O)c1ccc(S(=O)(=O)N2CCN(c3ccc(-c4ccc(C)cc4C)nn3)CC2)cc1. The van der Waals surface area contributed by atoms with Crippen LogP contribution in [0.1, 0.15) is 28.4 Å². The molecule has 0 saturated carbocycles. The Morgan fingerprint density at radius 2 is 1.65 bits per heavy atom. The molecule has 8 nitrogen and oxygen atoms in total. The lowest BCUT2D eigenvalue weighted by Crippen LogP contribution is -2.49. The maximum Gasteiger partial charge on any atom is 0.338 e. The highest BCUT2D eigenvalue weighted by molar-refractivity contribution is 7.89. The zero-order chi connectivity index (χ0) is 24.3. The van der Waals surface area contributed by atoms with Crippen molar-refractivity contribution >= 4 is 21.8 Å². The van der Waals surface area contributed by atoms with E-state index in [-0.39, 0.29) is 11.5 Å². The minimum atomic E-state index is -3.65. The maximum absolute atomic E-state index is 13.1. The fourth-order valence-electron chi connectivity index (χ4n) is 4.02.